The molecule has 0 heterocycles. The zero-order chi connectivity index (χ0) is 20.4. The van der Waals surface area contributed by atoms with E-state index in [2.05, 4.69) is 5.32 Å². The van der Waals surface area contributed by atoms with Crippen LogP contribution in [0.4, 0.5) is 0 Å². The van der Waals surface area contributed by atoms with Crippen molar-refractivity contribution in [2.75, 3.05) is 20.3 Å². The zero-order valence-electron chi connectivity index (χ0n) is 16.0. The van der Waals surface area contributed by atoms with Crippen LogP contribution in [0.5, 0.6) is 11.5 Å². The van der Waals surface area contributed by atoms with Gasteiger partial charge in [0.15, 0.2) is 6.61 Å². The lowest BCUT2D eigenvalue weighted by Gasteiger charge is -2.10. The number of amides is 1. The Kier molecular flexibility index (Phi) is 8.62. The van der Waals surface area contributed by atoms with Crippen LogP contribution in [-0.4, -0.2) is 32.2 Å². The molecular formula is C21H24ClNO5. The summed E-state index contributed by atoms with van der Waals surface area (Å²) in [5, 5.41) is 3.35. The minimum Gasteiger partial charge on any atom is -0.496 e. The van der Waals surface area contributed by atoms with E-state index in [1.165, 1.54) is 0 Å². The van der Waals surface area contributed by atoms with E-state index in [1.54, 1.807) is 19.2 Å². The maximum Gasteiger partial charge on any atom is 0.306 e. The number of aryl methyl sites for hydroxylation is 1. The molecule has 2 aromatic rings. The molecule has 0 saturated carbocycles. The largest absolute Gasteiger partial charge is 0.496 e. The van der Waals surface area contributed by atoms with Gasteiger partial charge in [0.05, 0.1) is 13.7 Å². The first-order chi connectivity index (χ1) is 13.5. The van der Waals surface area contributed by atoms with E-state index in [-0.39, 0.29) is 18.9 Å². The highest BCUT2D eigenvalue weighted by Crippen LogP contribution is 2.22. The summed E-state index contributed by atoms with van der Waals surface area (Å²) < 4.78 is 15.8. The topological polar surface area (TPSA) is 73.9 Å². The van der Waals surface area contributed by atoms with Crippen LogP contribution < -0.4 is 14.8 Å². The number of hydrogen-bond donors (Lipinski definition) is 1. The summed E-state index contributed by atoms with van der Waals surface area (Å²) >= 11 is 5.90. The maximum atomic E-state index is 11.8. The molecule has 0 aliphatic heterocycles. The second kappa shape index (κ2) is 11.2. The number of nitrogens with one attached hydrogen (secondary N) is 1. The average molecular weight is 406 g/mol. The predicted octanol–water partition coefficient (Wildman–Crippen LogP) is 3.68. The predicted molar refractivity (Wildman–Crippen MR) is 107 cm³/mol. The van der Waals surface area contributed by atoms with Crippen LogP contribution in [0.25, 0.3) is 0 Å². The molecule has 150 valence electrons. The molecule has 1 amide bonds. The van der Waals surface area contributed by atoms with Crippen molar-refractivity contribution in [3.05, 3.63) is 58.6 Å². The lowest BCUT2D eigenvalue weighted by atomic mass is 10.2. The van der Waals surface area contributed by atoms with Crippen molar-refractivity contribution in [3.63, 3.8) is 0 Å². The molecule has 0 unspecified atom stereocenters. The van der Waals surface area contributed by atoms with Gasteiger partial charge < -0.3 is 19.5 Å². The lowest BCUT2D eigenvalue weighted by Crippen LogP contribution is -2.28. The summed E-state index contributed by atoms with van der Waals surface area (Å²) in [4.78, 5) is 23.6. The summed E-state index contributed by atoms with van der Waals surface area (Å²) in [6.07, 6.45) is 0.663. The molecule has 0 spiro atoms. The van der Waals surface area contributed by atoms with Crippen LogP contribution in [0.1, 0.15) is 24.0 Å². The Labute approximate surface area is 169 Å². The average Bonchev–Trinajstić information content (AvgIpc) is 2.69. The number of carbonyl (C=O) groups excluding carboxylic acids is 2. The molecule has 0 atom stereocenters. The van der Waals surface area contributed by atoms with E-state index >= 15 is 0 Å². The SMILES string of the molecule is COc1ccccc1CNC(=O)COC(=O)CCCOc1ccc(Cl)cc1C. The molecule has 1 N–H and O–H groups in total. The van der Waals surface area contributed by atoms with Crippen molar-refractivity contribution in [1.82, 2.24) is 5.32 Å². The van der Waals surface area contributed by atoms with Crippen molar-refractivity contribution < 1.29 is 23.8 Å². The third kappa shape index (κ3) is 7.12. The highest BCUT2D eigenvalue weighted by atomic mass is 35.5. The van der Waals surface area contributed by atoms with Gasteiger partial charge in [0.25, 0.3) is 5.91 Å². The summed E-state index contributed by atoms with van der Waals surface area (Å²) in [7, 11) is 1.57. The molecule has 0 aliphatic carbocycles. The molecule has 0 saturated heterocycles. The van der Waals surface area contributed by atoms with Gasteiger partial charge in [-0.05, 0) is 43.2 Å². The smallest absolute Gasteiger partial charge is 0.306 e. The first kappa shape index (κ1) is 21.6. The van der Waals surface area contributed by atoms with E-state index in [0.717, 1.165) is 16.9 Å². The van der Waals surface area contributed by atoms with E-state index in [4.69, 9.17) is 25.8 Å². The Morgan fingerprint density at radius 2 is 1.89 bits per heavy atom. The number of carbonyl (C=O) groups is 2. The molecule has 0 aliphatic rings. The number of ether oxygens (including phenoxy) is 3. The molecular weight excluding hydrogens is 382 g/mol. The van der Waals surface area contributed by atoms with Gasteiger partial charge in [-0.1, -0.05) is 29.8 Å². The fraction of sp³-hybridized carbons (Fsp3) is 0.333. The van der Waals surface area contributed by atoms with Crippen LogP contribution in [0.2, 0.25) is 5.02 Å². The van der Waals surface area contributed by atoms with Gasteiger partial charge in [-0.2, -0.15) is 0 Å². The van der Waals surface area contributed by atoms with Crippen LogP contribution in [0.15, 0.2) is 42.5 Å². The fourth-order valence-corrected chi connectivity index (χ4v) is 2.71. The maximum absolute atomic E-state index is 11.8. The van der Waals surface area contributed by atoms with Crippen molar-refractivity contribution in [2.45, 2.75) is 26.3 Å². The van der Waals surface area contributed by atoms with Gasteiger partial charge in [-0.25, -0.2) is 0 Å². The number of hydrogen-bond acceptors (Lipinski definition) is 5. The summed E-state index contributed by atoms with van der Waals surface area (Å²) in [5.41, 5.74) is 1.78. The van der Waals surface area contributed by atoms with Gasteiger partial charge in [0.2, 0.25) is 0 Å². The molecule has 0 bridgehead atoms. The Hall–Kier alpha value is -2.73. The monoisotopic (exact) mass is 405 g/mol. The summed E-state index contributed by atoms with van der Waals surface area (Å²) in [6.45, 7) is 2.26. The van der Waals surface area contributed by atoms with Gasteiger partial charge >= 0.3 is 5.97 Å². The third-order valence-electron chi connectivity index (χ3n) is 3.95. The Morgan fingerprint density at radius 3 is 2.64 bits per heavy atom. The van der Waals surface area contributed by atoms with Crippen LogP contribution in [0, 0.1) is 6.92 Å². The van der Waals surface area contributed by atoms with Crippen LogP contribution in [-0.2, 0) is 20.9 Å². The highest BCUT2D eigenvalue weighted by Gasteiger charge is 2.09. The molecule has 28 heavy (non-hydrogen) atoms. The Morgan fingerprint density at radius 1 is 1.11 bits per heavy atom. The lowest BCUT2D eigenvalue weighted by molar-refractivity contribution is -0.148. The molecule has 7 heteroatoms. The normalized spacial score (nSPS) is 10.2. The molecule has 0 aromatic heterocycles. The van der Waals surface area contributed by atoms with Gasteiger partial charge in [0, 0.05) is 23.6 Å². The minimum absolute atomic E-state index is 0.173. The number of para-hydroxylation sites is 1. The van der Waals surface area contributed by atoms with Crippen LogP contribution >= 0.6 is 11.6 Å². The molecule has 0 radical (unpaired) electrons. The number of halogens is 1. The first-order valence-electron chi connectivity index (χ1n) is 8.92. The number of rotatable bonds is 10. The van der Waals surface area contributed by atoms with Crippen molar-refractivity contribution >= 4 is 23.5 Å². The van der Waals surface area contributed by atoms with E-state index in [9.17, 15) is 9.59 Å². The standard InChI is InChI=1S/C21H24ClNO5/c1-15-12-17(22)9-10-18(15)27-11-5-8-21(25)28-14-20(24)23-13-16-6-3-4-7-19(16)26-2/h3-4,6-7,9-10,12H,5,8,11,13-14H2,1-2H3,(H,23,24). The van der Waals surface area contributed by atoms with E-state index in [0.29, 0.717) is 30.3 Å². The minimum atomic E-state index is -0.441. The third-order valence-corrected chi connectivity index (χ3v) is 4.19. The molecule has 6 nitrogen and oxygen atoms in total. The van der Waals surface area contributed by atoms with Gasteiger partial charge in [-0.3, -0.25) is 9.59 Å². The zero-order valence-corrected chi connectivity index (χ0v) is 16.8. The van der Waals surface area contributed by atoms with Crippen molar-refractivity contribution in [1.29, 1.82) is 0 Å². The van der Waals surface area contributed by atoms with E-state index < -0.39 is 5.97 Å². The second-order valence-corrected chi connectivity index (χ2v) is 6.55. The number of esters is 1. The van der Waals surface area contributed by atoms with Gasteiger partial charge in [-0.15, -0.1) is 0 Å². The highest BCUT2D eigenvalue weighted by molar-refractivity contribution is 6.30. The quantitative estimate of drug-likeness (QED) is 0.482. The van der Waals surface area contributed by atoms with Gasteiger partial charge in [0.1, 0.15) is 11.5 Å². The summed E-state index contributed by atoms with van der Waals surface area (Å²) in [6, 6.07) is 12.7. The Balaban J connectivity index is 1.62. The first-order valence-corrected chi connectivity index (χ1v) is 9.30. The fourth-order valence-electron chi connectivity index (χ4n) is 2.49. The number of benzene rings is 2. The molecule has 2 aromatic carbocycles. The number of methoxy groups -OCH3 is 1. The molecule has 0 fully saturated rings. The van der Waals surface area contributed by atoms with Crippen LogP contribution in [0.3, 0.4) is 0 Å². The second-order valence-electron chi connectivity index (χ2n) is 6.11. The Bertz CT molecular complexity index is 809. The van der Waals surface area contributed by atoms with Crippen molar-refractivity contribution in [3.8, 4) is 11.5 Å². The van der Waals surface area contributed by atoms with E-state index in [1.807, 2.05) is 37.3 Å². The molecule has 2 rings (SSSR count). The van der Waals surface area contributed by atoms with Crippen molar-refractivity contribution in [2.24, 2.45) is 0 Å². The summed E-state index contributed by atoms with van der Waals surface area (Å²) in [5.74, 6) is 0.611.